The molecule has 3 atom stereocenters. The summed E-state index contributed by atoms with van der Waals surface area (Å²) in [6.07, 6.45) is 4.73. The highest BCUT2D eigenvalue weighted by Gasteiger charge is 2.28. The van der Waals surface area contributed by atoms with Gasteiger partial charge in [0.2, 0.25) is 0 Å². The molecular formula is C18H26N2O2. The van der Waals surface area contributed by atoms with E-state index in [1.807, 2.05) is 18.7 Å². The van der Waals surface area contributed by atoms with Crippen LogP contribution in [0.4, 0.5) is 4.79 Å². The average molecular weight is 302 g/mol. The molecule has 22 heavy (non-hydrogen) atoms. The number of hydrogen-bond acceptors (Lipinski definition) is 2. The quantitative estimate of drug-likeness (QED) is 0.809. The lowest BCUT2D eigenvalue weighted by Gasteiger charge is -2.36. The number of aryl methyl sites for hydroxylation is 1. The summed E-state index contributed by atoms with van der Waals surface area (Å²) in [4.78, 5) is 14.5. The van der Waals surface area contributed by atoms with E-state index in [-0.39, 0.29) is 24.3 Å². The first-order chi connectivity index (χ1) is 10.6. The lowest BCUT2D eigenvalue weighted by Crippen LogP contribution is -2.52. The molecule has 1 saturated heterocycles. The van der Waals surface area contributed by atoms with Crippen LogP contribution in [0.25, 0.3) is 0 Å². The summed E-state index contributed by atoms with van der Waals surface area (Å²) in [5.41, 5.74) is 2.68. The first-order valence-electron chi connectivity index (χ1n) is 8.42. The van der Waals surface area contributed by atoms with Crippen LogP contribution in [0.15, 0.2) is 24.3 Å². The van der Waals surface area contributed by atoms with Crippen LogP contribution >= 0.6 is 0 Å². The number of nitrogens with zero attached hydrogens (tertiary/aromatic N) is 1. The molecule has 120 valence electrons. The highest BCUT2D eigenvalue weighted by molar-refractivity contribution is 5.75. The number of benzene rings is 1. The lowest BCUT2D eigenvalue weighted by molar-refractivity contribution is -0.0548. The molecule has 0 spiro atoms. The van der Waals surface area contributed by atoms with Gasteiger partial charge in [-0.25, -0.2) is 4.79 Å². The maximum absolute atomic E-state index is 12.6. The van der Waals surface area contributed by atoms with Crippen LogP contribution in [0.5, 0.6) is 0 Å². The smallest absolute Gasteiger partial charge is 0.318 e. The molecule has 1 N–H and O–H groups in total. The number of carbonyl (C=O) groups is 1. The van der Waals surface area contributed by atoms with Gasteiger partial charge in [0.25, 0.3) is 0 Å². The van der Waals surface area contributed by atoms with Crippen LogP contribution in [0.2, 0.25) is 0 Å². The third kappa shape index (κ3) is 3.43. The van der Waals surface area contributed by atoms with Crippen molar-refractivity contribution in [1.29, 1.82) is 0 Å². The van der Waals surface area contributed by atoms with Crippen molar-refractivity contribution in [3.05, 3.63) is 35.4 Å². The largest absolute Gasteiger partial charge is 0.372 e. The first-order valence-corrected chi connectivity index (χ1v) is 8.42. The summed E-state index contributed by atoms with van der Waals surface area (Å²) >= 11 is 0. The van der Waals surface area contributed by atoms with Gasteiger partial charge in [0.15, 0.2) is 0 Å². The summed E-state index contributed by atoms with van der Waals surface area (Å²) < 4.78 is 5.71. The molecule has 4 nitrogen and oxygen atoms in total. The minimum Gasteiger partial charge on any atom is -0.372 e. The van der Waals surface area contributed by atoms with Crippen LogP contribution in [0.3, 0.4) is 0 Å². The number of rotatable bonds is 1. The summed E-state index contributed by atoms with van der Waals surface area (Å²) in [6, 6.07) is 8.70. The van der Waals surface area contributed by atoms with E-state index in [4.69, 9.17) is 4.74 Å². The molecule has 0 saturated carbocycles. The van der Waals surface area contributed by atoms with E-state index in [0.717, 1.165) is 19.3 Å². The molecule has 0 bridgehead atoms. The Balaban J connectivity index is 1.71. The number of amides is 2. The highest BCUT2D eigenvalue weighted by atomic mass is 16.5. The van der Waals surface area contributed by atoms with Crippen molar-refractivity contribution in [2.45, 2.75) is 57.8 Å². The molecule has 2 amide bonds. The minimum atomic E-state index is 0.0451. The lowest BCUT2D eigenvalue weighted by atomic mass is 9.99. The zero-order valence-electron chi connectivity index (χ0n) is 13.5. The van der Waals surface area contributed by atoms with Crippen molar-refractivity contribution in [2.24, 2.45) is 0 Å². The molecule has 1 fully saturated rings. The molecule has 4 heteroatoms. The summed E-state index contributed by atoms with van der Waals surface area (Å²) in [5, 5.41) is 3.26. The molecule has 1 heterocycles. The molecule has 1 aromatic carbocycles. The molecule has 1 aliphatic heterocycles. The van der Waals surface area contributed by atoms with Crippen molar-refractivity contribution in [3.63, 3.8) is 0 Å². The van der Waals surface area contributed by atoms with E-state index < -0.39 is 0 Å². The van der Waals surface area contributed by atoms with Crippen LogP contribution in [0.1, 0.15) is 50.3 Å². The summed E-state index contributed by atoms with van der Waals surface area (Å²) in [7, 11) is 0. The number of carbonyl (C=O) groups excluding carboxylic acids is 1. The van der Waals surface area contributed by atoms with Crippen molar-refractivity contribution in [3.8, 4) is 0 Å². The van der Waals surface area contributed by atoms with E-state index >= 15 is 0 Å². The Morgan fingerprint density at radius 1 is 1.18 bits per heavy atom. The van der Waals surface area contributed by atoms with Gasteiger partial charge >= 0.3 is 6.03 Å². The first kappa shape index (κ1) is 15.3. The Morgan fingerprint density at radius 2 is 1.91 bits per heavy atom. The van der Waals surface area contributed by atoms with E-state index in [9.17, 15) is 4.79 Å². The number of urea groups is 1. The average Bonchev–Trinajstić information content (AvgIpc) is 2.69. The molecule has 0 radical (unpaired) electrons. The van der Waals surface area contributed by atoms with Gasteiger partial charge in [-0.05, 0) is 44.2 Å². The van der Waals surface area contributed by atoms with Gasteiger partial charge in [-0.15, -0.1) is 0 Å². The molecule has 2 aliphatic rings. The van der Waals surface area contributed by atoms with Crippen LogP contribution in [-0.2, 0) is 11.2 Å². The second-order valence-electron chi connectivity index (χ2n) is 6.61. The van der Waals surface area contributed by atoms with Gasteiger partial charge in [0.1, 0.15) is 0 Å². The van der Waals surface area contributed by atoms with E-state index in [1.165, 1.54) is 17.5 Å². The van der Waals surface area contributed by atoms with Crippen molar-refractivity contribution < 1.29 is 9.53 Å². The fraction of sp³-hybridized carbons (Fsp3) is 0.611. The second kappa shape index (κ2) is 6.69. The second-order valence-corrected chi connectivity index (χ2v) is 6.61. The Morgan fingerprint density at radius 3 is 2.68 bits per heavy atom. The predicted molar refractivity (Wildman–Crippen MR) is 86.9 cm³/mol. The molecular weight excluding hydrogens is 276 g/mol. The van der Waals surface area contributed by atoms with Gasteiger partial charge in [-0.2, -0.15) is 0 Å². The summed E-state index contributed by atoms with van der Waals surface area (Å²) in [5.74, 6) is 0. The third-order valence-corrected chi connectivity index (χ3v) is 4.62. The van der Waals surface area contributed by atoms with Gasteiger partial charge in [-0.1, -0.05) is 30.7 Å². The van der Waals surface area contributed by atoms with E-state index in [2.05, 4.69) is 29.6 Å². The Kier molecular flexibility index (Phi) is 4.67. The Bertz CT molecular complexity index is 522. The fourth-order valence-electron chi connectivity index (χ4n) is 3.66. The van der Waals surface area contributed by atoms with Crippen molar-refractivity contribution >= 4 is 6.03 Å². The number of hydrogen-bond donors (Lipinski definition) is 1. The number of fused-ring (bicyclic) bond motifs is 1. The molecule has 3 rings (SSSR count). The Hall–Kier alpha value is -1.55. The van der Waals surface area contributed by atoms with Gasteiger partial charge in [0, 0.05) is 13.1 Å². The zero-order chi connectivity index (χ0) is 15.5. The fourth-order valence-corrected chi connectivity index (χ4v) is 3.66. The maximum atomic E-state index is 12.6. The number of ether oxygens (including phenoxy) is 1. The molecule has 1 aromatic rings. The summed E-state index contributed by atoms with van der Waals surface area (Å²) in [6.45, 7) is 5.39. The monoisotopic (exact) mass is 302 g/mol. The highest BCUT2D eigenvalue weighted by Crippen LogP contribution is 2.28. The Labute approximate surface area is 132 Å². The predicted octanol–water partition coefficient (Wildman–Crippen LogP) is 3.27. The van der Waals surface area contributed by atoms with Crippen molar-refractivity contribution in [1.82, 2.24) is 10.2 Å². The van der Waals surface area contributed by atoms with Gasteiger partial charge < -0.3 is 15.0 Å². The topological polar surface area (TPSA) is 41.6 Å². The zero-order valence-corrected chi connectivity index (χ0v) is 13.5. The number of nitrogens with one attached hydrogen (secondary N) is 1. The number of morpholine rings is 1. The molecule has 1 aliphatic carbocycles. The SMILES string of the molecule is CC1CN(C(=O)NC2CCCCc3ccccc32)CC(C)O1. The van der Waals surface area contributed by atoms with Gasteiger partial charge in [-0.3, -0.25) is 0 Å². The van der Waals surface area contributed by atoms with E-state index in [0.29, 0.717) is 13.1 Å². The van der Waals surface area contributed by atoms with Crippen LogP contribution in [0, 0.1) is 0 Å². The van der Waals surface area contributed by atoms with Crippen LogP contribution in [-0.4, -0.2) is 36.2 Å². The standard InChI is InChI=1S/C18H26N2O2/c1-13-11-20(12-14(2)22-13)18(21)19-17-10-6-4-8-15-7-3-5-9-16(15)17/h3,5,7,9,13-14,17H,4,6,8,10-12H2,1-2H3,(H,19,21). The maximum Gasteiger partial charge on any atom is 0.318 e. The molecule has 3 unspecified atom stereocenters. The molecule has 0 aromatic heterocycles. The van der Waals surface area contributed by atoms with Gasteiger partial charge in [0.05, 0.1) is 18.2 Å². The normalized spacial score (nSPS) is 28.6. The van der Waals surface area contributed by atoms with Crippen molar-refractivity contribution in [2.75, 3.05) is 13.1 Å². The third-order valence-electron chi connectivity index (χ3n) is 4.62. The minimum absolute atomic E-state index is 0.0451. The van der Waals surface area contributed by atoms with E-state index in [1.54, 1.807) is 0 Å². The van der Waals surface area contributed by atoms with Crippen LogP contribution < -0.4 is 5.32 Å².